The number of carbonyl (C=O) groups excluding carboxylic acids is 1. The van der Waals surface area contributed by atoms with Crippen molar-refractivity contribution in [2.75, 3.05) is 13.1 Å². The minimum absolute atomic E-state index is 0.0618. The number of nitrogens with zero attached hydrogens (tertiary/aromatic N) is 2. The SMILES string of the molecule is CC(C)(CCN)CCC(=O)N(CCC#N)Cc1ccco1. The Hall–Kier alpha value is -1.80. The molecule has 0 saturated heterocycles. The van der Waals surface area contributed by atoms with Gasteiger partial charge in [0, 0.05) is 13.0 Å². The molecule has 0 aromatic carbocycles. The molecule has 0 aliphatic heterocycles. The first-order valence-electron chi connectivity index (χ1n) is 7.35. The third-order valence-corrected chi connectivity index (χ3v) is 3.61. The Bertz CT molecular complexity index is 460. The number of rotatable bonds is 9. The van der Waals surface area contributed by atoms with Crippen molar-refractivity contribution in [3.05, 3.63) is 24.2 Å². The molecule has 1 heterocycles. The molecule has 0 spiro atoms. The minimum Gasteiger partial charge on any atom is -0.467 e. The number of furan rings is 1. The van der Waals surface area contributed by atoms with Crippen molar-refractivity contribution in [1.82, 2.24) is 4.90 Å². The monoisotopic (exact) mass is 291 g/mol. The summed E-state index contributed by atoms with van der Waals surface area (Å²) in [6.45, 7) is 5.74. The molecule has 0 fully saturated rings. The topological polar surface area (TPSA) is 83.3 Å². The quantitative estimate of drug-likeness (QED) is 0.758. The van der Waals surface area contributed by atoms with Gasteiger partial charge in [0.1, 0.15) is 5.76 Å². The van der Waals surface area contributed by atoms with Crippen molar-refractivity contribution < 1.29 is 9.21 Å². The third-order valence-electron chi connectivity index (χ3n) is 3.61. The fourth-order valence-corrected chi connectivity index (χ4v) is 2.19. The number of carbonyl (C=O) groups is 1. The molecule has 1 amide bonds. The Labute approximate surface area is 126 Å². The Kier molecular flexibility index (Phi) is 6.97. The van der Waals surface area contributed by atoms with Gasteiger partial charge in [-0.1, -0.05) is 13.8 Å². The van der Waals surface area contributed by atoms with Gasteiger partial charge in [-0.25, -0.2) is 0 Å². The molecule has 21 heavy (non-hydrogen) atoms. The van der Waals surface area contributed by atoms with Crippen LogP contribution in [0.25, 0.3) is 0 Å². The van der Waals surface area contributed by atoms with Crippen molar-refractivity contribution in [1.29, 1.82) is 5.26 Å². The number of hydrogen-bond acceptors (Lipinski definition) is 4. The van der Waals surface area contributed by atoms with E-state index in [9.17, 15) is 4.79 Å². The molecule has 5 heteroatoms. The Morgan fingerprint density at radius 1 is 1.48 bits per heavy atom. The van der Waals surface area contributed by atoms with E-state index in [0.717, 1.165) is 18.6 Å². The summed E-state index contributed by atoms with van der Waals surface area (Å²) in [5.74, 6) is 0.800. The van der Waals surface area contributed by atoms with Crippen LogP contribution < -0.4 is 5.73 Å². The zero-order valence-electron chi connectivity index (χ0n) is 13.0. The molecule has 0 aliphatic rings. The van der Waals surface area contributed by atoms with E-state index >= 15 is 0 Å². The van der Waals surface area contributed by atoms with Crippen molar-refractivity contribution in [2.24, 2.45) is 11.1 Å². The highest BCUT2D eigenvalue weighted by molar-refractivity contribution is 5.76. The number of amides is 1. The van der Waals surface area contributed by atoms with Gasteiger partial charge in [-0.15, -0.1) is 0 Å². The van der Waals surface area contributed by atoms with E-state index in [1.54, 1.807) is 17.2 Å². The zero-order chi connectivity index (χ0) is 15.7. The molecule has 116 valence electrons. The summed E-state index contributed by atoms with van der Waals surface area (Å²) < 4.78 is 5.28. The molecule has 1 aromatic heterocycles. The fourth-order valence-electron chi connectivity index (χ4n) is 2.19. The second-order valence-electron chi connectivity index (χ2n) is 6.01. The largest absolute Gasteiger partial charge is 0.467 e. The van der Waals surface area contributed by atoms with Gasteiger partial charge in [-0.2, -0.15) is 5.26 Å². The van der Waals surface area contributed by atoms with Crippen LogP contribution in [0.5, 0.6) is 0 Å². The van der Waals surface area contributed by atoms with Gasteiger partial charge in [0.15, 0.2) is 0 Å². The highest BCUT2D eigenvalue weighted by atomic mass is 16.3. The van der Waals surface area contributed by atoms with Crippen molar-refractivity contribution in [2.45, 2.75) is 46.1 Å². The molecule has 0 unspecified atom stereocenters. The molecule has 1 rings (SSSR count). The van der Waals surface area contributed by atoms with E-state index in [0.29, 0.717) is 32.5 Å². The second kappa shape index (κ2) is 8.48. The van der Waals surface area contributed by atoms with E-state index in [1.807, 2.05) is 6.07 Å². The van der Waals surface area contributed by atoms with Crippen LogP contribution in [0.2, 0.25) is 0 Å². The molecule has 5 nitrogen and oxygen atoms in total. The molecule has 0 atom stereocenters. The number of nitrogens with two attached hydrogens (primary N) is 1. The average molecular weight is 291 g/mol. The molecule has 0 radical (unpaired) electrons. The number of hydrogen-bond donors (Lipinski definition) is 1. The van der Waals surface area contributed by atoms with E-state index in [-0.39, 0.29) is 11.3 Å². The van der Waals surface area contributed by atoms with Crippen molar-refractivity contribution in [3.63, 3.8) is 0 Å². The Balaban J connectivity index is 2.56. The van der Waals surface area contributed by atoms with Crippen LogP contribution in [0.1, 0.15) is 45.3 Å². The Morgan fingerprint density at radius 2 is 2.24 bits per heavy atom. The number of nitriles is 1. The van der Waals surface area contributed by atoms with Gasteiger partial charge in [0.25, 0.3) is 0 Å². The van der Waals surface area contributed by atoms with Crippen LogP contribution in [0.3, 0.4) is 0 Å². The molecular weight excluding hydrogens is 266 g/mol. The van der Waals surface area contributed by atoms with Crippen LogP contribution in [-0.4, -0.2) is 23.9 Å². The first kappa shape index (κ1) is 17.3. The summed E-state index contributed by atoms with van der Waals surface area (Å²) in [6, 6.07) is 5.72. The van der Waals surface area contributed by atoms with Crippen LogP contribution in [0.15, 0.2) is 22.8 Å². The van der Waals surface area contributed by atoms with Gasteiger partial charge in [0.05, 0.1) is 25.3 Å². The lowest BCUT2D eigenvalue weighted by Crippen LogP contribution is -2.32. The lowest BCUT2D eigenvalue weighted by atomic mass is 9.84. The van der Waals surface area contributed by atoms with Crippen LogP contribution in [0.4, 0.5) is 0 Å². The summed E-state index contributed by atoms with van der Waals surface area (Å²) in [6.07, 6.45) is 4.09. The first-order chi connectivity index (χ1) is 9.98. The normalized spacial score (nSPS) is 11.1. The highest BCUT2D eigenvalue weighted by Gasteiger charge is 2.21. The van der Waals surface area contributed by atoms with E-state index < -0.39 is 0 Å². The van der Waals surface area contributed by atoms with Gasteiger partial charge >= 0.3 is 0 Å². The van der Waals surface area contributed by atoms with Gasteiger partial charge in [0.2, 0.25) is 5.91 Å². The van der Waals surface area contributed by atoms with Crippen LogP contribution >= 0.6 is 0 Å². The van der Waals surface area contributed by atoms with E-state index in [1.165, 1.54) is 0 Å². The predicted molar refractivity (Wildman–Crippen MR) is 81.0 cm³/mol. The smallest absolute Gasteiger partial charge is 0.223 e. The standard InChI is InChI=1S/C16H25N3O2/c1-16(2,8-10-18)7-6-15(20)19(11-4-9-17)13-14-5-3-12-21-14/h3,5,12H,4,6-8,10-11,13,18H2,1-2H3. The summed E-state index contributed by atoms with van der Waals surface area (Å²) in [7, 11) is 0. The first-order valence-corrected chi connectivity index (χ1v) is 7.35. The lowest BCUT2D eigenvalue weighted by Gasteiger charge is -2.26. The molecule has 1 aromatic rings. The Morgan fingerprint density at radius 3 is 2.81 bits per heavy atom. The summed E-state index contributed by atoms with van der Waals surface area (Å²) in [5.41, 5.74) is 5.66. The zero-order valence-corrected chi connectivity index (χ0v) is 13.0. The maximum absolute atomic E-state index is 12.4. The predicted octanol–water partition coefficient (Wildman–Crippen LogP) is 2.68. The molecular formula is C16H25N3O2. The average Bonchev–Trinajstić information content (AvgIpc) is 2.94. The van der Waals surface area contributed by atoms with E-state index in [2.05, 4.69) is 19.9 Å². The minimum atomic E-state index is 0.0618. The third kappa shape index (κ3) is 6.46. The van der Waals surface area contributed by atoms with E-state index in [4.69, 9.17) is 15.4 Å². The maximum atomic E-state index is 12.4. The van der Waals surface area contributed by atoms with Crippen LogP contribution in [0, 0.1) is 16.7 Å². The van der Waals surface area contributed by atoms with Crippen LogP contribution in [-0.2, 0) is 11.3 Å². The highest BCUT2D eigenvalue weighted by Crippen LogP contribution is 2.26. The molecule has 0 aliphatic carbocycles. The molecule has 0 bridgehead atoms. The van der Waals surface area contributed by atoms with Crippen molar-refractivity contribution in [3.8, 4) is 6.07 Å². The summed E-state index contributed by atoms with van der Waals surface area (Å²) in [5, 5.41) is 8.73. The molecule has 0 saturated carbocycles. The molecule has 2 N–H and O–H groups in total. The summed E-state index contributed by atoms with van der Waals surface area (Å²) >= 11 is 0. The van der Waals surface area contributed by atoms with Crippen molar-refractivity contribution >= 4 is 5.91 Å². The maximum Gasteiger partial charge on any atom is 0.223 e. The lowest BCUT2D eigenvalue weighted by molar-refractivity contribution is -0.132. The summed E-state index contributed by atoms with van der Waals surface area (Å²) in [4.78, 5) is 14.1. The van der Waals surface area contributed by atoms with Gasteiger partial charge < -0.3 is 15.1 Å². The fraction of sp³-hybridized carbons (Fsp3) is 0.625. The second-order valence-corrected chi connectivity index (χ2v) is 6.01. The van der Waals surface area contributed by atoms with Gasteiger partial charge in [-0.05, 0) is 36.9 Å². The van der Waals surface area contributed by atoms with Gasteiger partial charge in [-0.3, -0.25) is 4.79 Å².